The minimum atomic E-state index is -0.866. The molecule has 0 radical (unpaired) electrons. The van der Waals surface area contributed by atoms with Gasteiger partial charge in [0.25, 0.3) is 11.7 Å². The number of ketones is 1. The number of anilines is 1. The van der Waals surface area contributed by atoms with Gasteiger partial charge in [-0.15, -0.1) is 0 Å². The topological polar surface area (TPSA) is 77.8 Å². The number of aliphatic hydroxyl groups is 1. The van der Waals surface area contributed by atoms with Crippen molar-refractivity contribution in [2.45, 2.75) is 26.8 Å². The lowest BCUT2D eigenvalue weighted by molar-refractivity contribution is -0.132. The van der Waals surface area contributed by atoms with Crippen LogP contribution < -0.4 is 4.90 Å². The Morgan fingerprint density at radius 3 is 2.23 bits per heavy atom. The highest BCUT2D eigenvalue weighted by Gasteiger charge is 2.47. The molecular formula is C26H23NO4. The van der Waals surface area contributed by atoms with Crippen molar-refractivity contribution < 1.29 is 19.8 Å². The molecule has 0 spiro atoms. The molecule has 1 heterocycles. The van der Waals surface area contributed by atoms with Crippen LogP contribution in [0.4, 0.5) is 5.69 Å². The van der Waals surface area contributed by atoms with Crippen LogP contribution in [0.25, 0.3) is 5.76 Å². The standard InChI is InChI=1S/C26H23NO4/c1-15-8-11-19(12-9-15)27-23(18-5-4-6-20(28)14-18)22(25(30)26(27)31)24(29)21-13-16(2)7-10-17(21)3/h4-14,23,28-29H,1-3H3/b24-22+. The van der Waals surface area contributed by atoms with Crippen LogP contribution >= 0.6 is 0 Å². The predicted molar refractivity (Wildman–Crippen MR) is 120 cm³/mol. The van der Waals surface area contributed by atoms with E-state index in [2.05, 4.69) is 0 Å². The number of hydrogen-bond donors (Lipinski definition) is 2. The van der Waals surface area contributed by atoms with Crippen molar-refractivity contribution in [3.05, 3.63) is 100 Å². The van der Waals surface area contributed by atoms with Gasteiger partial charge in [-0.25, -0.2) is 0 Å². The average molecular weight is 413 g/mol. The number of aryl methyl sites for hydroxylation is 3. The van der Waals surface area contributed by atoms with Crippen molar-refractivity contribution in [1.82, 2.24) is 0 Å². The maximum atomic E-state index is 13.2. The fourth-order valence-electron chi connectivity index (χ4n) is 3.95. The van der Waals surface area contributed by atoms with Gasteiger partial charge in [0.1, 0.15) is 11.5 Å². The molecule has 2 N–H and O–H groups in total. The minimum absolute atomic E-state index is 0.00451. The number of aromatic hydroxyl groups is 1. The van der Waals surface area contributed by atoms with E-state index in [1.54, 1.807) is 30.3 Å². The lowest BCUT2D eigenvalue weighted by Crippen LogP contribution is -2.29. The molecule has 1 amide bonds. The molecule has 3 aromatic carbocycles. The molecule has 0 saturated carbocycles. The van der Waals surface area contributed by atoms with Crippen LogP contribution in [0.5, 0.6) is 5.75 Å². The summed E-state index contributed by atoms with van der Waals surface area (Å²) in [4.78, 5) is 27.7. The lowest BCUT2D eigenvalue weighted by Gasteiger charge is -2.25. The molecule has 0 aromatic heterocycles. The maximum Gasteiger partial charge on any atom is 0.300 e. The van der Waals surface area contributed by atoms with Gasteiger partial charge >= 0.3 is 0 Å². The van der Waals surface area contributed by atoms with Gasteiger partial charge in [-0.2, -0.15) is 0 Å². The van der Waals surface area contributed by atoms with Crippen molar-refractivity contribution >= 4 is 23.1 Å². The number of rotatable bonds is 3. The first kappa shape index (κ1) is 20.4. The molecule has 156 valence electrons. The molecule has 3 aromatic rings. The third-order valence-electron chi connectivity index (χ3n) is 5.59. The van der Waals surface area contributed by atoms with E-state index >= 15 is 0 Å². The van der Waals surface area contributed by atoms with Crippen LogP contribution in [0.3, 0.4) is 0 Å². The van der Waals surface area contributed by atoms with Crippen molar-refractivity contribution in [2.75, 3.05) is 4.90 Å². The van der Waals surface area contributed by atoms with Crippen molar-refractivity contribution in [1.29, 1.82) is 0 Å². The van der Waals surface area contributed by atoms with Crippen molar-refractivity contribution in [3.63, 3.8) is 0 Å². The first-order valence-corrected chi connectivity index (χ1v) is 10.0. The highest BCUT2D eigenvalue weighted by molar-refractivity contribution is 6.51. The number of benzene rings is 3. The summed E-state index contributed by atoms with van der Waals surface area (Å²) >= 11 is 0. The van der Waals surface area contributed by atoms with Crippen LogP contribution in [-0.2, 0) is 9.59 Å². The second-order valence-electron chi connectivity index (χ2n) is 7.92. The summed E-state index contributed by atoms with van der Waals surface area (Å²) in [7, 11) is 0. The SMILES string of the molecule is Cc1ccc(N2C(=O)C(=O)/C(=C(/O)c3cc(C)ccc3C)C2c2cccc(O)c2)cc1. The summed E-state index contributed by atoms with van der Waals surface area (Å²) in [5, 5.41) is 21.3. The molecule has 4 rings (SSSR count). The summed E-state index contributed by atoms with van der Waals surface area (Å²) < 4.78 is 0. The molecule has 0 aliphatic carbocycles. The third-order valence-corrected chi connectivity index (χ3v) is 5.59. The molecular weight excluding hydrogens is 390 g/mol. The lowest BCUT2D eigenvalue weighted by atomic mass is 9.93. The summed E-state index contributed by atoms with van der Waals surface area (Å²) in [6.07, 6.45) is 0. The smallest absolute Gasteiger partial charge is 0.300 e. The number of hydrogen-bond acceptors (Lipinski definition) is 4. The summed E-state index contributed by atoms with van der Waals surface area (Å²) in [6.45, 7) is 5.67. The Morgan fingerprint density at radius 1 is 0.871 bits per heavy atom. The average Bonchev–Trinajstić information content (AvgIpc) is 3.01. The van der Waals surface area contributed by atoms with Crippen molar-refractivity contribution in [3.8, 4) is 5.75 Å². The molecule has 0 bridgehead atoms. The van der Waals surface area contributed by atoms with Crippen LogP contribution in [0.2, 0.25) is 0 Å². The Bertz CT molecular complexity index is 1220. The van der Waals surface area contributed by atoms with E-state index in [-0.39, 0.29) is 17.1 Å². The predicted octanol–water partition coefficient (Wildman–Crippen LogP) is 4.94. The monoisotopic (exact) mass is 413 g/mol. The van der Waals surface area contributed by atoms with Gasteiger partial charge in [-0.3, -0.25) is 14.5 Å². The molecule has 5 nitrogen and oxygen atoms in total. The Balaban J connectivity index is 1.99. The van der Waals surface area contributed by atoms with Crippen LogP contribution in [0.1, 0.15) is 33.9 Å². The van der Waals surface area contributed by atoms with Crippen molar-refractivity contribution in [2.24, 2.45) is 0 Å². The zero-order valence-electron chi connectivity index (χ0n) is 17.6. The molecule has 31 heavy (non-hydrogen) atoms. The first-order chi connectivity index (χ1) is 14.8. The number of Topliss-reactive ketones (excluding diaryl/α,β-unsaturated/α-hetero) is 1. The largest absolute Gasteiger partial charge is 0.508 e. The van der Waals surface area contributed by atoms with E-state index in [0.29, 0.717) is 16.8 Å². The summed E-state index contributed by atoms with van der Waals surface area (Å²) in [5.41, 5.74) is 4.32. The molecule has 1 aliphatic rings. The minimum Gasteiger partial charge on any atom is -0.508 e. The second kappa shape index (κ2) is 7.76. The first-order valence-electron chi connectivity index (χ1n) is 10.0. The quantitative estimate of drug-likeness (QED) is 0.362. The molecule has 1 atom stereocenters. The van der Waals surface area contributed by atoms with Crippen LogP contribution in [0.15, 0.2) is 72.3 Å². The van der Waals surface area contributed by atoms with Gasteiger partial charge in [-0.05, 0) is 62.2 Å². The zero-order chi connectivity index (χ0) is 22.3. The molecule has 1 fully saturated rings. The molecule has 1 saturated heterocycles. The summed E-state index contributed by atoms with van der Waals surface area (Å²) in [5.74, 6) is -1.68. The van der Waals surface area contributed by atoms with Gasteiger partial charge in [0.2, 0.25) is 0 Å². The number of phenolic OH excluding ortho intramolecular Hbond substituents is 1. The Hall–Kier alpha value is -3.86. The van der Waals surface area contributed by atoms with Crippen LogP contribution in [0, 0.1) is 20.8 Å². The zero-order valence-corrected chi connectivity index (χ0v) is 17.6. The number of carbonyl (C=O) groups excluding carboxylic acids is 2. The number of amides is 1. The number of phenols is 1. The number of aliphatic hydroxyl groups excluding tert-OH is 1. The molecule has 1 aliphatic heterocycles. The Morgan fingerprint density at radius 2 is 1.55 bits per heavy atom. The van der Waals surface area contributed by atoms with Gasteiger partial charge < -0.3 is 10.2 Å². The summed E-state index contributed by atoms with van der Waals surface area (Å²) in [6, 6.07) is 18.4. The number of nitrogens with zero attached hydrogens (tertiary/aromatic N) is 1. The normalized spacial score (nSPS) is 17.9. The highest BCUT2D eigenvalue weighted by atomic mass is 16.3. The third kappa shape index (κ3) is 3.59. The second-order valence-corrected chi connectivity index (χ2v) is 7.92. The van der Waals surface area contributed by atoms with E-state index in [1.807, 2.05) is 45.0 Å². The van der Waals surface area contributed by atoms with Crippen LogP contribution in [-0.4, -0.2) is 21.9 Å². The van der Waals surface area contributed by atoms with E-state index in [0.717, 1.165) is 16.7 Å². The van der Waals surface area contributed by atoms with E-state index in [1.165, 1.54) is 17.0 Å². The fraction of sp³-hybridized carbons (Fsp3) is 0.154. The van der Waals surface area contributed by atoms with E-state index in [9.17, 15) is 19.8 Å². The molecule has 5 heteroatoms. The van der Waals surface area contributed by atoms with Gasteiger partial charge in [-0.1, -0.05) is 47.5 Å². The maximum absolute atomic E-state index is 13.2. The Kier molecular flexibility index (Phi) is 5.11. The number of carbonyl (C=O) groups is 2. The highest BCUT2D eigenvalue weighted by Crippen LogP contribution is 2.43. The Labute approximate surface area is 180 Å². The van der Waals surface area contributed by atoms with E-state index < -0.39 is 17.7 Å². The fourth-order valence-corrected chi connectivity index (χ4v) is 3.95. The van der Waals surface area contributed by atoms with Gasteiger partial charge in [0.15, 0.2) is 0 Å². The van der Waals surface area contributed by atoms with Gasteiger partial charge in [0.05, 0.1) is 11.6 Å². The van der Waals surface area contributed by atoms with E-state index in [4.69, 9.17) is 0 Å². The van der Waals surface area contributed by atoms with Gasteiger partial charge in [0, 0.05) is 11.3 Å². The molecule has 1 unspecified atom stereocenters.